The van der Waals surface area contributed by atoms with E-state index in [1.165, 1.54) is 24.4 Å². The first kappa shape index (κ1) is 15.0. The van der Waals surface area contributed by atoms with Crippen LogP contribution < -0.4 is 16.6 Å². The molecule has 0 saturated heterocycles. The van der Waals surface area contributed by atoms with Crippen molar-refractivity contribution in [3.63, 3.8) is 0 Å². The molecule has 2 heterocycles. The summed E-state index contributed by atoms with van der Waals surface area (Å²) in [4.78, 5) is 16.1. The maximum absolute atomic E-state index is 9.56. The Balaban J connectivity index is 2.03. The van der Waals surface area contributed by atoms with Crippen molar-refractivity contribution in [2.45, 2.75) is 12.5 Å². The maximum Gasteiger partial charge on any atom is 0.258 e. The molecule has 2 aromatic heterocycles. The SMILES string of the molecule is COCC(O)CCNc1nc(NN)nc(-n2cncn2)n1. The Bertz CT molecular complexity index is 547. The fourth-order valence-corrected chi connectivity index (χ4v) is 1.55. The van der Waals surface area contributed by atoms with Gasteiger partial charge in [0.2, 0.25) is 11.9 Å². The highest BCUT2D eigenvalue weighted by Crippen LogP contribution is 2.07. The van der Waals surface area contributed by atoms with E-state index in [-0.39, 0.29) is 18.5 Å². The molecule has 0 amide bonds. The average molecular weight is 295 g/mol. The number of anilines is 2. The Morgan fingerprint density at radius 2 is 2.19 bits per heavy atom. The first-order valence-electron chi connectivity index (χ1n) is 6.21. The summed E-state index contributed by atoms with van der Waals surface area (Å²) in [5.74, 6) is 6.10. The molecule has 0 aromatic carbocycles. The highest BCUT2D eigenvalue weighted by atomic mass is 16.5. The van der Waals surface area contributed by atoms with Crippen LogP contribution in [0.3, 0.4) is 0 Å². The molecule has 114 valence electrons. The first-order valence-corrected chi connectivity index (χ1v) is 6.21. The van der Waals surface area contributed by atoms with Crippen LogP contribution in [0.4, 0.5) is 11.9 Å². The zero-order chi connectivity index (χ0) is 15.1. The topological polar surface area (TPSA) is 149 Å². The fraction of sp³-hybridized carbons (Fsp3) is 0.500. The third-order valence-electron chi connectivity index (χ3n) is 2.50. The molecule has 0 aliphatic rings. The number of aliphatic hydroxyl groups excluding tert-OH is 1. The minimum Gasteiger partial charge on any atom is -0.391 e. The van der Waals surface area contributed by atoms with Crippen LogP contribution in [-0.2, 0) is 4.74 Å². The van der Waals surface area contributed by atoms with Gasteiger partial charge in [0.1, 0.15) is 12.7 Å². The van der Waals surface area contributed by atoms with Gasteiger partial charge >= 0.3 is 0 Å². The predicted molar refractivity (Wildman–Crippen MR) is 73.5 cm³/mol. The van der Waals surface area contributed by atoms with Crippen LogP contribution in [0.15, 0.2) is 12.7 Å². The normalized spacial score (nSPS) is 12.1. The smallest absolute Gasteiger partial charge is 0.258 e. The molecule has 0 saturated carbocycles. The van der Waals surface area contributed by atoms with Gasteiger partial charge in [-0.1, -0.05) is 0 Å². The van der Waals surface area contributed by atoms with Crippen LogP contribution in [0.5, 0.6) is 0 Å². The average Bonchev–Trinajstić information content (AvgIpc) is 3.01. The summed E-state index contributed by atoms with van der Waals surface area (Å²) < 4.78 is 6.23. The molecule has 1 atom stereocenters. The summed E-state index contributed by atoms with van der Waals surface area (Å²) in [7, 11) is 1.53. The largest absolute Gasteiger partial charge is 0.391 e. The first-order chi connectivity index (χ1) is 10.2. The van der Waals surface area contributed by atoms with E-state index in [1.54, 1.807) is 0 Å². The Morgan fingerprint density at radius 3 is 2.86 bits per heavy atom. The number of nitrogen functional groups attached to an aromatic ring is 1. The van der Waals surface area contributed by atoms with Gasteiger partial charge in [0.25, 0.3) is 5.95 Å². The van der Waals surface area contributed by atoms with E-state index in [0.29, 0.717) is 18.9 Å². The van der Waals surface area contributed by atoms with Crippen LogP contribution in [-0.4, -0.2) is 61.2 Å². The second-order valence-corrected chi connectivity index (χ2v) is 4.09. The van der Waals surface area contributed by atoms with Crippen molar-refractivity contribution in [3.05, 3.63) is 12.7 Å². The lowest BCUT2D eigenvalue weighted by Crippen LogP contribution is -2.20. The lowest BCUT2D eigenvalue weighted by Gasteiger charge is -2.11. The molecule has 1 unspecified atom stereocenters. The predicted octanol–water partition coefficient (Wildman–Crippen LogP) is -1.45. The summed E-state index contributed by atoms with van der Waals surface area (Å²) in [6.45, 7) is 0.744. The van der Waals surface area contributed by atoms with Gasteiger partial charge in [0.05, 0.1) is 12.7 Å². The number of aromatic nitrogens is 6. The highest BCUT2D eigenvalue weighted by Gasteiger charge is 2.09. The molecular weight excluding hydrogens is 278 g/mol. The molecule has 21 heavy (non-hydrogen) atoms. The van der Waals surface area contributed by atoms with Crippen molar-refractivity contribution in [3.8, 4) is 5.95 Å². The quantitative estimate of drug-likeness (QED) is 0.336. The zero-order valence-corrected chi connectivity index (χ0v) is 11.5. The Kier molecular flexibility index (Phi) is 5.31. The minimum absolute atomic E-state index is 0.190. The number of hydrogen-bond donors (Lipinski definition) is 4. The Hall–Kier alpha value is -2.37. The van der Waals surface area contributed by atoms with E-state index in [2.05, 4.69) is 35.8 Å². The van der Waals surface area contributed by atoms with Crippen molar-refractivity contribution < 1.29 is 9.84 Å². The van der Waals surface area contributed by atoms with Gasteiger partial charge in [-0.3, -0.25) is 5.43 Å². The Morgan fingerprint density at radius 1 is 1.38 bits per heavy atom. The third kappa shape index (κ3) is 4.30. The van der Waals surface area contributed by atoms with Crippen molar-refractivity contribution in [1.82, 2.24) is 29.7 Å². The number of ether oxygens (including phenoxy) is 1. The molecule has 0 fully saturated rings. The number of methoxy groups -OCH3 is 1. The highest BCUT2D eigenvalue weighted by molar-refractivity contribution is 5.36. The molecule has 0 bridgehead atoms. The summed E-state index contributed by atoms with van der Waals surface area (Å²) >= 11 is 0. The number of nitrogens with zero attached hydrogens (tertiary/aromatic N) is 6. The fourth-order valence-electron chi connectivity index (χ4n) is 1.55. The third-order valence-corrected chi connectivity index (χ3v) is 2.50. The van der Waals surface area contributed by atoms with Crippen molar-refractivity contribution in [1.29, 1.82) is 0 Å². The monoisotopic (exact) mass is 295 g/mol. The van der Waals surface area contributed by atoms with Gasteiger partial charge in [0, 0.05) is 13.7 Å². The van der Waals surface area contributed by atoms with Gasteiger partial charge < -0.3 is 15.2 Å². The zero-order valence-electron chi connectivity index (χ0n) is 11.5. The lowest BCUT2D eigenvalue weighted by atomic mass is 10.3. The molecule has 2 rings (SSSR count). The lowest BCUT2D eigenvalue weighted by molar-refractivity contribution is 0.0615. The van der Waals surface area contributed by atoms with Crippen molar-refractivity contribution in [2.24, 2.45) is 5.84 Å². The minimum atomic E-state index is -0.550. The van der Waals surface area contributed by atoms with E-state index in [0.717, 1.165) is 0 Å². The van der Waals surface area contributed by atoms with Crippen LogP contribution in [0.25, 0.3) is 5.95 Å². The van der Waals surface area contributed by atoms with Gasteiger partial charge in [-0.2, -0.15) is 24.7 Å². The molecule has 0 aliphatic heterocycles. The van der Waals surface area contributed by atoms with Gasteiger partial charge in [0.15, 0.2) is 0 Å². The number of hydrazine groups is 1. The van der Waals surface area contributed by atoms with Crippen molar-refractivity contribution in [2.75, 3.05) is 31.0 Å². The molecule has 0 radical (unpaired) electrons. The van der Waals surface area contributed by atoms with Crippen LogP contribution >= 0.6 is 0 Å². The number of aliphatic hydroxyl groups is 1. The van der Waals surface area contributed by atoms with Gasteiger partial charge in [-0.25, -0.2) is 10.8 Å². The van der Waals surface area contributed by atoms with E-state index < -0.39 is 6.10 Å². The van der Waals surface area contributed by atoms with E-state index >= 15 is 0 Å². The summed E-state index contributed by atoms with van der Waals surface area (Å²) in [5.41, 5.74) is 2.36. The molecule has 11 heteroatoms. The summed E-state index contributed by atoms with van der Waals surface area (Å²) in [5, 5.41) is 16.5. The summed E-state index contributed by atoms with van der Waals surface area (Å²) in [6.07, 6.45) is 2.77. The number of nitrogens with one attached hydrogen (secondary N) is 2. The number of hydrogen-bond acceptors (Lipinski definition) is 10. The molecule has 2 aromatic rings. The van der Waals surface area contributed by atoms with Crippen LogP contribution in [0, 0.1) is 0 Å². The number of nitrogens with two attached hydrogens (primary N) is 1. The van der Waals surface area contributed by atoms with E-state index in [1.807, 2.05) is 0 Å². The van der Waals surface area contributed by atoms with E-state index in [9.17, 15) is 5.11 Å². The van der Waals surface area contributed by atoms with Crippen LogP contribution in [0.2, 0.25) is 0 Å². The molecule has 5 N–H and O–H groups in total. The summed E-state index contributed by atoms with van der Waals surface area (Å²) in [6, 6.07) is 0. The van der Waals surface area contributed by atoms with E-state index in [4.69, 9.17) is 10.6 Å². The second-order valence-electron chi connectivity index (χ2n) is 4.09. The van der Waals surface area contributed by atoms with Gasteiger partial charge in [-0.15, -0.1) is 0 Å². The van der Waals surface area contributed by atoms with Crippen LogP contribution in [0.1, 0.15) is 6.42 Å². The molecule has 0 aliphatic carbocycles. The molecule has 0 spiro atoms. The number of rotatable bonds is 8. The Labute approximate surface area is 120 Å². The van der Waals surface area contributed by atoms with Crippen molar-refractivity contribution >= 4 is 11.9 Å². The molecular formula is C10H17N9O2. The van der Waals surface area contributed by atoms with Gasteiger partial charge in [-0.05, 0) is 6.42 Å². The second kappa shape index (κ2) is 7.42. The maximum atomic E-state index is 9.56. The molecule has 11 nitrogen and oxygen atoms in total. The standard InChI is InChI=1S/C10H17N9O2/c1-21-4-7(20)2-3-13-8-15-9(18-11)17-10(16-8)19-6-12-5-14-19/h5-7,20H,2-4,11H2,1H3,(H2,13,15,16,17,18).